The number of guanidine groups is 1. The van der Waals surface area contributed by atoms with E-state index in [-0.39, 0.29) is 24.0 Å². The van der Waals surface area contributed by atoms with E-state index in [0.717, 1.165) is 57.1 Å². The zero-order valence-corrected chi connectivity index (χ0v) is 18.6. The van der Waals surface area contributed by atoms with Crippen molar-refractivity contribution < 1.29 is 9.47 Å². The molecule has 26 heavy (non-hydrogen) atoms. The second-order valence-corrected chi connectivity index (χ2v) is 6.45. The molecule has 2 heterocycles. The third kappa shape index (κ3) is 7.65. The molecule has 1 atom stereocenters. The number of halogens is 1. The summed E-state index contributed by atoms with van der Waals surface area (Å²) < 4.78 is 11.3. The molecule has 1 fully saturated rings. The molecule has 0 radical (unpaired) electrons. The summed E-state index contributed by atoms with van der Waals surface area (Å²) in [5.74, 6) is 2.19. The van der Waals surface area contributed by atoms with Crippen molar-refractivity contribution in [1.29, 1.82) is 0 Å². The molecule has 1 saturated heterocycles. The molecule has 1 unspecified atom stereocenters. The van der Waals surface area contributed by atoms with E-state index in [9.17, 15) is 0 Å². The number of aromatic nitrogens is 1. The fourth-order valence-corrected chi connectivity index (χ4v) is 2.82. The summed E-state index contributed by atoms with van der Waals surface area (Å²) in [6, 6.07) is 3.97. The predicted octanol–water partition coefficient (Wildman–Crippen LogP) is 3.31. The fraction of sp³-hybridized carbons (Fsp3) is 0.684. The Hall–Kier alpha value is -1.09. The molecule has 7 heteroatoms. The van der Waals surface area contributed by atoms with Crippen molar-refractivity contribution in [3.63, 3.8) is 0 Å². The van der Waals surface area contributed by atoms with Crippen molar-refractivity contribution in [3.05, 3.63) is 23.9 Å². The highest BCUT2D eigenvalue weighted by atomic mass is 127. The van der Waals surface area contributed by atoms with Crippen molar-refractivity contribution in [3.8, 4) is 5.88 Å². The normalized spacial score (nSPS) is 16.9. The number of pyridine rings is 1. The first-order valence-corrected chi connectivity index (χ1v) is 9.38. The molecule has 1 aromatic rings. The van der Waals surface area contributed by atoms with Crippen LogP contribution in [0, 0.1) is 5.92 Å². The van der Waals surface area contributed by atoms with E-state index < -0.39 is 0 Å². The summed E-state index contributed by atoms with van der Waals surface area (Å²) in [6.07, 6.45) is 5.04. The Morgan fingerprint density at radius 2 is 2.31 bits per heavy atom. The van der Waals surface area contributed by atoms with Gasteiger partial charge < -0.3 is 19.7 Å². The summed E-state index contributed by atoms with van der Waals surface area (Å²) in [4.78, 5) is 11.3. The van der Waals surface area contributed by atoms with E-state index >= 15 is 0 Å². The van der Waals surface area contributed by atoms with Gasteiger partial charge in [-0.15, -0.1) is 24.0 Å². The van der Waals surface area contributed by atoms with Crippen LogP contribution in [0.1, 0.15) is 38.7 Å². The standard InChI is InChI=1S/C19H32N4O2.HI/c1-4-6-11-25-18-17(8-7-10-21-18)13-22-19(20-5-2)23(3)14-16-9-12-24-15-16;/h7-8,10,16H,4-6,9,11-15H2,1-3H3,(H,20,22);1H. The third-order valence-corrected chi connectivity index (χ3v) is 4.24. The van der Waals surface area contributed by atoms with Crippen LogP contribution in [0.4, 0.5) is 0 Å². The zero-order valence-electron chi connectivity index (χ0n) is 16.2. The molecule has 6 nitrogen and oxygen atoms in total. The van der Waals surface area contributed by atoms with Gasteiger partial charge in [-0.1, -0.05) is 19.4 Å². The molecule has 1 aliphatic heterocycles. The van der Waals surface area contributed by atoms with Gasteiger partial charge in [-0.2, -0.15) is 0 Å². The van der Waals surface area contributed by atoms with Gasteiger partial charge in [-0.25, -0.2) is 9.98 Å². The van der Waals surface area contributed by atoms with Crippen molar-refractivity contribution in [2.45, 2.75) is 39.7 Å². The van der Waals surface area contributed by atoms with Crippen LogP contribution < -0.4 is 10.1 Å². The van der Waals surface area contributed by atoms with Crippen molar-refractivity contribution in [1.82, 2.24) is 15.2 Å². The molecule has 0 saturated carbocycles. The van der Waals surface area contributed by atoms with E-state index in [2.05, 4.69) is 36.1 Å². The molecule has 0 bridgehead atoms. The van der Waals surface area contributed by atoms with Crippen LogP contribution in [-0.4, -0.2) is 55.8 Å². The van der Waals surface area contributed by atoms with Gasteiger partial charge in [-0.05, 0) is 25.8 Å². The maximum atomic E-state index is 5.81. The first-order chi connectivity index (χ1) is 12.2. The van der Waals surface area contributed by atoms with E-state index in [1.54, 1.807) is 6.20 Å². The molecule has 1 aliphatic rings. The lowest BCUT2D eigenvalue weighted by atomic mass is 10.1. The highest BCUT2D eigenvalue weighted by Gasteiger charge is 2.19. The van der Waals surface area contributed by atoms with Gasteiger partial charge >= 0.3 is 0 Å². The average molecular weight is 476 g/mol. The van der Waals surface area contributed by atoms with Crippen molar-refractivity contribution in [2.75, 3.05) is 40.0 Å². The Balaban J connectivity index is 0.00000338. The minimum Gasteiger partial charge on any atom is -0.477 e. The maximum Gasteiger partial charge on any atom is 0.218 e. The predicted molar refractivity (Wildman–Crippen MR) is 116 cm³/mol. The van der Waals surface area contributed by atoms with Crippen LogP contribution in [-0.2, 0) is 11.3 Å². The SMILES string of the molecule is CCCCOc1ncccc1CN=C(NCC)N(C)CC1CCOC1.I. The Kier molecular flexibility index (Phi) is 11.6. The minimum absolute atomic E-state index is 0. The second kappa shape index (κ2) is 13.1. The molecular formula is C19H33IN4O2. The second-order valence-electron chi connectivity index (χ2n) is 6.45. The van der Waals surface area contributed by atoms with Gasteiger partial charge in [0.05, 0.1) is 19.8 Å². The number of nitrogens with one attached hydrogen (secondary N) is 1. The Morgan fingerprint density at radius 1 is 1.46 bits per heavy atom. The Labute approximate surface area is 174 Å². The Bertz CT molecular complexity index is 536. The summed E-state index contributed by atoms with van der Waals surface area (Å²) in [6.45, 7) is 9.03. The van der Waals surface area contributed by atoms with Crippen molar-refractivity contribution >= 4 is 29.9 Å². The number of ether oxygens (including phenoxy) is 2. The summed E-state index contributed by atoms with van der Waals surface area (Å²) in [5.41, 5.74) is 1.02. The average Bonchev–Trinajstić information content (AvgIpc) is 3.12. The number of unbranched alkanes of at least 4 members (excludes halogenated alkanes) is 1. The van der Waals surface area contributed by atoms with Crippen LogP contribution in [0.2, 0.25) is 0 Å². The monoisotopic (exact) mass is 476 g/mol. The van der Waals surface area contributed by atoms with E-state index in [1.165, 1.54) is 0 Å². The van der Waals surface area contributed by atoms with Gasteiger partial charge in [0.2, 0.25) is 5.88 Å². The van der Waals surface area contributed by atoms with Crippen LogP contribution in [0.15, 0.2) is 23.3 Å². The van der Waals surface area contributed by atoms with E-state index in [0.29, 0.717) is 24.9 Å². The molecule has 0 spiro atoms. The maximum absolute atomic E-state index is 5.81. The first-order valence-electron chi connectivity index (χ1n) is 9.38. The molecule has 1 aromatic heterocycles. The number of hydrogen-bond donors (Lipinski definition) is 1. The topological polar surface area (TPSA) is 59.0 Å². The number of nitrogens with zero attached hydrogens (tertiary/aromatic N) is 3. The molecule has 148 valence electrons. The highest BCUT2D eigenvalue weighted by Crippen LogP contribution is 2.17. The van der Waals surface area contributed by atoms with Crippen LogP contribution in [0.25, 0.3) is 0 Å². The molecule has 1 N–H and O–H groups in total. The number of aliphatic imine (C=N–C) groups is 1. The minimum atomic E-state index is 0. The van der Waals surface area contributed by atoms with Crippen LogP contribution in [0.5, 0.6) is 5.88 Å². The summed E-state index contributed by atoms with van der Waals surface area (Å²) >= 11 is 0. The molecular weight excluding hydrogens is 443 g/mol. The Morgan fingerprint density at radius 3 is 3.00 bits per heavy atom. The lowest BCUT2D eigenvalue weighted by molar-refractivity contribution is 0.181. The van der Waals surface area contributed by atoms with Gasteiger partial charge in [0.15, 0.2) is 5.96 Å². The number of rotatable bonds is 9. The van der Waals surface area contributed by atoms with Gasteiger partial charge in [0, 0.05) is 44.4 Å². The lowest BCUT2D eigenvalue weighted by Gasteiger charge is -2.24. The van der Waals surface area contributed by atoms with Gasteiger partial charge in [0.1, 0.15) is 0 Å². The smallest absolute Gasteiger partial charge is 0.218 e. The molecule has 2 rings (SSSR count). The lowest BCUT2D eigenvalue weighted by Crippen LogP contribution is -2.41. The molecule has 0 aromatic carbocycles. The molecule has 0 aliphatic carbocycles. The fourth-order valence-electron chi connectivity index (χ4n) is 2.82. The van der Waals surface area contributed by atoms with E-state index in [4.69, 9.17) is 14.5 Å². The summed E-state index contributed by atoms with van der Waals surface area (Å²) in [5, 5.41) is 3.37. The summed E-state index contributed by atoms with van der Waals surface area (Å²) in [7, 11) is 2.09. The van der Waals surface area contributed by atoms with Crippen LogP contribution >= 0.6 is 24.0 Å². The van der Waals surface area contributed by atoms with Gasteiger partial charge in [0.25, 0.3) is 0 Å². The first kappa shape index (κ1) is 23.0. The van der Waals surface area contributed by atoms with Gasteiger partial charge in [-0.3, -0.25) is 0 Å². The van der Waals surface area contributed by atoms with Crippen LogP contribution in [0.3, 0.4) is 0 Å². The van der Waals surface area contributed by atoms with E-state index in [1.807, 2.05) is 12.1 Å². The number of hydrogen-bond acceptors (Lipinski definition) is 4. The van der Waals surface area contributed by atoms with Crippen molar-refractivity contribution in [2.24, 2.45) is 10.9 Å². The third-order valence-electron chi connectivity index (χ3n) is 4.24. The zero-order chi connectivity index (χ0) is 17.9. The largest absolute Gasteiger partial charge is 0.477 e. The quantitative estimate of drug-likeness (QED) is 0.257. The highest BCUT2D eigenvalue weighted by molar-refractivity contribution is 14.0. The molecule has 0 amide bonds.